The van der Waals surface area contributed by atoms with Gasteiger partial charge in [-0.3, -0.25) is 14.5 Å². The molecule has 0 aromatic heterocycles. The molecule has 1 aliphatic rings. The van der Waals surface area contributed by atoms with E-state index in [1.165, 1.54) is 18.2 Å². The number of halogens is 3. The highest BCUT2D eigenvalue weighted by Crippen LogP contribution is 2.32. The van der Waals surface area contributed by atoms with Crippen molar-refractivity contribution in [1.29, 1.82) is 0 Å². The van der Waals surface area contributed by atoms with Gasteiger partial charge in [-0.2, -0.15) is 0 Å². The van der Waals surface area contributed by atoms with E-state index in [0.29, 0.717) is 41.9 Å². The zero-order valence-electron chi connectivity index (χ0n) is 15.5. The molecule has 3 rings (SSSR count). The maximum Gasteiger partial charge on any atom is 0.260 e. The number of amides is 2. The first-order valence-electron chi connectivity index (χ1n) is 9.05. The molecule has 0 unspecified atom stereocenters. The Kier molecular flexibility index (Phi) is 7.30. The van der Waals surface area contributed by atoms with Crippen molar-refractivity contribution in [2.75, 3.05) is 44.6 Å². The van der Waals surface area contributed by atoms with Crippen molar-refractivity contribution in [3.05, 3.63) is 58.3 Å². The lowest BCUT2D eigenvalue weighted by Crippen LogP contribution is -2.51. The van der Waals surface area contributed by atoms with E-state index in [4.69, 9.17) is 27.9 Å². The molecule has 0 saturated carbocycles. The molecule has 9 heteroatoms. The second-order valence-electron chi connectivity index (χ2n) is 6.55. The van der Waals surface area contributed by atoms with E-state index >= 15 is 0 Å². The van der Waals surface area contributed by atoms with Gasteiger partial charge in [-0.05, 0) is 30.3 Å². The molecule has 1 N–H and O–H groups in total. The monoisotopic (exact) mass is 439 g/mol. The molecule has 29 heavy (non-hydrogen) atoms. The van der Waals surface area contributed by atoms with Crippen molar-refractivity contribution >= 4 is 40.7 Å². The van der Waals surface area contributed by atoms with Gasteiger partial charge in [0.2, 0.25) is 5.91 Å². The summed E-state index contributed by atoms with van der Waals surface area (Å²) in [6.45, 7) is 2.06. The average molecular weight is 440 g/mol. The van der Waals surface area contributed by atoms with Crippen molar-refractivity contribution in [3.8, 4) is 5.75 Å². The van der Waals surface area contributed by atoms with Crippen LogP contribution in [0, 0.1) is 5.82 Å². The summed E-state index contributed by atoms with van der Waals surface area (Å²) in [4.78, 5) is 28.1. The number of nitrogens with one attached hydrogen (secondary N) is 1. The van der Waals surface area contributed by atoms with E-state index in [0.717, 1.165) is 0 Å². The molecule has 2 aromatic carbocycles. The van der Waals surface area contributed by atoms with Crippen LogP contribution in [0.25, 0.3) is 0 Å². The fraction of sp³-hybridized carbons (Fsp3) is 0.300. The predicted molar refractivity (Wildman–Crippen MR) is 110 cm³/mol. The fourth-order valence-electron chi connectivity index (χ4n) is 2.97. The number of nitrogens with zero attached hydrogens (tertiary/aromatic N) is 2. The Morgan fingerprint density at radius 1 is 1.03 bits per heavy atom. The largest absolute Gasteiger partial charge is 0.481 e. The zero-order chi connectivity index (χ0) is 20.8. The van der Waals surface area contributed by atoms with Gasteiger partial charge in [0, 0.05) is 31.9 Å². The quantitative estimate of drug-likeness (QED) is 0.749. The number of piperazine rings is 1. The summed E-state index contributed by atoms with van der Waals surface area (Å²) in [6.07, 6.45) is 0. The third kappa shape index (κ3) is 6.06. The number of hydrogen-bond acceptors (Lipinski definition) is 4. The number of carbonyl (C=O) groups is 2. The van der Waals surface area contributed by atoms with E-state index in [1.54, 1.807) is 29.2 Å². The number of benzene rings is 2. The molecule has 0 bridgehead atoms. The minimum absolute atomic E-state index is 0.163. The second-order valence-corrected chi connectivity index (χ2v) is 7.37. The van der Waals surface area contributed by atoms with Crippen LogP contribution in [0.3, 0.4) is 0 Å². The molecular formula is C20H20Cl2FN3O3. The summed E-state index contributed by atoms with van der Waals surface area (Å²) in [5.74, 6) is -0.524. The molecule has 1 saturated heterocycles. The summed E-state index contributed by atoms with van der Waals surface area (Å²) in [5.41, 5.74) is 0.416. The molecule has 0 atom stereocenters. The Morgan fingerprint density at radius 3 is 2.34 bits per heavy atom. The van der Waals surface area contributed by atoms with Crippen LogP contribution in [-0.4, -0.2) is 60.9 Å². The standard InChI is InChI=1S/C20H20Cl2FN3O3/c21-16-5-2-6-17(22)20(16)29-13-19(28)26-9-7-25(8-10-26)12-18(27)24-15-4-1-3-14(23)11-15/h1-6,11H,7-10,12-13H2,(H,24,27). The van der Waals surface area contributed by atoms with Gasteiger partial charge in [-0.25, -0.2) is 4.39 Å². The maximum absolute atomic E-state index is 13.2. The van der Waals surface area contributed by atoms with Gasteiger partial charge in [0.05, 0.1) is 16.6 Å². The van der Waals surface area contributed by atoms with Crippen LogP contribution in [0.4, 0.5) is 10.1 Å². The van der Waals surface area contributed by atoms with E-state index in [2.05, 4.69) is 5.32 Å². The van der Waals surface area contributed by atoms with Crippen molar-refractivity contribution in [2.45, 2.75) is 0 Å². The minimum Gasteiger partial charge on any atom is -0.481 e. The first-order chi connectivity index (χ1) is 13.9. The van der Waals surface area contributed by atoms with Crippen molar-refractivity contribution in [1.82, 2.24) is 9.80 Å². The molecule has 2 aromatic rings. The highest BCUT2D eigenvalue weighted by Gasteiger charge is 2.23. The zero-order valence-corrected chi connectivity index (χ0v) is 17.0. The molecule has 0 radical (unpaired) electrons. The molecule has 1 aliphatic heterocycles. The number of para-hydroxylation sites is 1. The molecule has 6 nitrogen and oxygen atoms in total. The van der Waals surface area contributed by atoms with Crippen molar-refractivity contribution < 1.29 is 18.7 Å². The smallest absolute Gasteiger partial charge is 0.260 e. The lowest BCUT2D eigenvalue weighted by molar-refractivity contribution is -0.135. The summed E-state index contributed by atoms with van der Waals surface area (Å²) in [7, 11) is 0. The Morgan fingerprint density at radius 2 is 1.69 bits per heavy atom. The third-order valence-electron chi connectivity index (χ3n) is 4.46. The minimum atomic E-state index is -0.407. The molecule has 2 amide bonds. The molecular weight excluding hydrogens is 420 g/mol. The molecule has 1 heterocycles. The Labute approximate surface area is 178 Å². The molecule has 0 spiro atoms. The first-order valence-corrected chi connectivity index (χ1v) is 9.80. The first kappa shape index (κ1) is 21.4. The van der Waals surface area contributed by atoms with E-state index in [9.17, 15) is 14.0 Å². The van der Waals surface area contributed by atoms with Gasteiger partial charge in [0.25, 0.3) is 5.91 Å². The van der Waals surface area contributed by atoms with Gasteiger partial charge < -0.3 is 15.0 Å². The van der Waals surface area contributed by atoms with Crippen LogP contribution in [0.2, 0.25) is 10.0 Å². The number of ether oxygens (including phenoxy) is 1. The normalized spacial score (nSPS) is 14.5. The fourth-order valence-corrected chi connectivity index (χ4v) is 3.48. The second kappa shape index (κ2) is 9.91. The third-order valence-corrected chi connectivity index (χ3v) is 5.05. The lowest BCUT2D eigenvalue weighted by Gasteiger charge is -2.34. The van der Waals surface area contributed by atoms with Gasteiger partial charge in [0.1, 0.15) is 5.82 Å². The van der Waals surface area contributed by atoms with Crippen LogP contribution in [-0.2, 0) is 9.59 Å². The van der Waals surface area contributed by atoms with Gasteiger partial charge in [-0.1, -0.05) is 35.3 Å². The number of rotatable bonds is 6. The van der Waals surface area contributed by atoms with Gasteiger partial charge >= 0.3 is 0 Å². The summed E-state index contributed by atoms with van der Waals surface area (Å²) in [5, 5.41) is 3.36. The molecule has 1 fully saturated rings. The SMILES string of the molecule is O=C(CN1CCN(C(=O)COc2c(Cl)cccc2Cl)CC1)Nc1cccc(F)c1. The van der Waals surface area contributed by atoms with Crippen LogP contribution in [0.5, 0.6) is 5.75 Å². The van der Waals surface area contributed by atoms with Crippen LogP contribution in [0.15, 0.2) is 42.5 Å². The van der Waals surface area contributed by atoms with E-state index in [1.807, 2.05) is 4.90 Å². The number of hydrogen-bond donors (Lipinski definition) is 1. The number of anilines is 1. The van der Waals surface area contributed by atoms with E-state index in [-0.39, 0.29) is 30.7 Å². The Hall–Kier alpha value is -2.35. The predicted octanol–water partition coefficient (Wildman–Crippen LogP) is 3.29. The summed E-state index contributed by atoms with van der Waals surface area (Å²) in [6, 6.07) is 10.7. The lowest BCUT2D eigenvalue weighted by atomic mass is 10.3. The highest BCUT2D eigenvalue weighted by atomic mass is 35.5. The van der Waals surface area contributed by atoms with Crippen molar-refractivity contribution in [3.63, 3.8) is 0 Å². The van der Waals surface area contributed by atoms with Crippen LogP contribution in [0.1, 0.15) is 0 Å². The summed E-state index contributed by atoms with van der Waals surface area (Å²) >= 11 is 12.1. The van der Waals surface area contributed by atoms with Gasteiger partial charge in [0.15, 0.2) is 12.4 Å². The Bertz CT molecular complexity index is 869. The summed E-state index contributed by atoms with van der Waals surface area (Å²) < 4.78 is 18.7. The number of carbonyl (C=O) groups excluding carboxylic acids is 2. The maximum atomic E-state index is 13.2. The average Bonchev–Trinajstić information content (AvgIpc) is 2.68. The van der Waals surface area contributed by atoms with Crippen LogP contribution < -0.4 is 10.1 Å². The highest BCUT2D eigenvalue weighted by molar-refractivity contribution is 6.37. The topological polar surface area (TPSA) is 61.9 Å². The Balaban J connectivity index is 1.42. The molecule has 0 aliphatic carbocycles. The van der Waals surface area contributed by atoms with Gasteiger partial charge in [-0.15, -0.1) is 0 Å². The van der Waals surface area contributed by atoms with E-state index < -0.39 is 5.82 Å². The van der Waals surface area contributed by atoms with Crippen LogP contribution >= 0.6 is 23.2 Å². The van der Waals surface area contributed by atoms with Crippen molar-refractivity contribution in [2.24, 2.45) is 0 Å². The molecule has 154 valence electrons.